The van der Waals surface area contributed by atoms with Crippen molar-refractivity contribution in [1.82, 2.24) is 0 Å². The Morgan fingerprint density at radius 2 is 0.933 bits per heavy atom. The fourth-order valence-corrected chi connectivity index (χ4v) is 4.66. The van der Waals surface area contributed by atoms with Gasteiger partial charge < -0.3 is 0 Å². The Morgan fingerprint density at radius 3 is 1.27 bits per heavy atom. The summed E-state index contributed by atoms with van der Waals surface area (Å²) < 4.78 is 27.7. The van der Waals surface area contributed by atoms with E-state index in [4.69, 9.17) is 0 Å². The maximum absolute atomic E-state index is 12.6. The van der Waals surface area contributed by atoms with Gasteiger partial charge in [-0.3, -0.25) is 0 Å². The van der Waals surface area contributed by atoms with Crippen LogP contribution in [0, 0.1) is 11.6 Å². The predicted octanol–water partition coefficient (Wildman–Crippen LogP) is 1.62. The van der Waals surface area contributed by atoms with Crippen LogP contribution in [0.2, 0.25) is 0 Å². The van der Waals surface area contributed by atoms with Crippen LogP contribution in [0.15, 0.2) is 48.5 Å². The van der Waals surface area contributed by atoms with Crippen LogP contribution < -0.4 is 6.54 Å². The molecule has 0 heterocycles. The van der Waals surface area contributed by atoms with Crippen LogP contribution in [-0.4, -0.2) is 23.2 Å². The van der Waals surface area contributed by atoms with Gasteiger partial charge in [-0.15, -0.1) is 0 Å². The van der Waals surface area contributed by atoms with Gasteiger partial charge in [0.05, 0.1) is 0 Å². The first-order valence-corrected chi connectivity index (χ1v) is 7.94. The zero-order chi connectivity index (χ0) is 10.7. The summed E-state index contributed by atoms with van der Waals surface area (Å²) in [6.07, 6.45) is 0. The molecule has 0 aliphatic carbocycles. The van der Waals surface area contributed by atoms with Crippen LogP contribution in [0.3, 0.4) is 0 Å². The molecule has 0 spiro atoms. The summed E-state index contributed by atoms with van der Waals surface area (Å²) in [7, 11) is 0. The summed E-state index contributed by atoms with van der Waals surface area (Å²) in [4.78, 5) is 0. The Hall–Kier alpha value is -0.817. The second-order valence-electron chi connectivity index (χ2n) is 3.06. The Labute approximate surface area is 98.5 Å². The maximum atomic E-state index is 12.6. The molecule has 0 unspecified atom stereocenters. The summed E-state index contributed by atoms with van der Waals surface area (Å²) in [5.74, 6) is -0.418. The van der Waals surface area contributed by atoms with E-state index in [9.17, 15) is 8.78 Å². The molecule has 0 N–H and O–H groups in total. The van der Waals surface area contributed by atoms with Crippen molar-refractivity contribution in [3.8, 4) is 0 Å². The molecule has 0 atom stereocenters. The summed E-state index contributed by atoms with van der Waals surface area (Å²) in [6, 6.07) is 13.2. The molecule has 0 aliphatic heterocycles. The van der Waals surface area contributed by atoms with Gasteiger partial charge in [0.15, 0.2) is 0 Å². The normalized spacial score (nSPS) is 10.3. The van der Waals surface area contributed by atoms with Crippen molar-refractivity contribution in [2.24, 2.45) is 0 Å². The first kappa shape index (κ1) is 10.7. The molecule has 0 bridgehead atoms. The molecule has 15 heavy (non-hydrogen) atoms. The molecule has 0 saturated carbocycles. The van der Waals surface area contributed by atoms with Crippen molar-refractivity contribution in [3.05, 3.63) is 60.2 Å². The van der Waals surface area contributed by atoms with Crippen molar-refractivity contribution in [2.75, 3.05) is 0 Å². The fourth-order valence-electron chi connectivity index (χ4n) is 1.18. The minimum atomic E-state index is -0.988. The van der Waals surface area contributed by atoms with Crippen LogP contribution in [0.4, 0.5) is 8.78 Å². The van der Waals surface area contributed by atoms with Gasteiger partial charge in [-0.1, -0.05) is 0 Å². The topological polar surface area (TPSA) is 0 Å². The van der Waals surface area contributed by atoms with Crippen molar-refractivity contribution in [3.63, 3.8) is 0 Å². The van der Waals surface area contributed by atoms with E-state index in [2.05, 4.69) is 0 Å². The molecule has 75 valence electrons. The fraction of sp³-hybridized carbons (Fsp3) is 0. The van der Waals surface area contributed by atoms with E-state index in [1.807, 2.05) is 24.3 Å². The van der Waals surface area contributed by atoms with Gasteiger partial charge in [0.2, 0.25) is 0 Å². The monoisotopic (exact) mass is 399 g/mol. The molecular weight excluding hydrogens is 391 g/mol. The van der Waals surface area contributed by atoms with Crippen LogP contribution >= 0.6 is 0 Å². The van der Waals surface area contributed by atoms with E-state index in [1.54, 1.807) is 0 Å². The van der Waals surface area contributed by atoms with Gasteiger partial charge in [0.25, 0.3) is 0 Å². The van der Waals surface area contributed by atoms with E-state index in [0.717, 1.165) is 0 Å². The first-order chi connectivity index (χ1) is 7.24. The van der Waals surface area contributed by atoms with Crippen LogP contribution in [-0.2, 0) is 0 Å². The van der Waals surface area contributed by atoms with Crippen LogP contribution in [0.5, 0.6) is 0 Å². The van der Waals surface area contributed by atoms with E-state index < -0.39 is 23.2 Å². The standard InChI is InChI=1S/2C6H4F.Bi/c2*7-6-4-2-1-3-5-6;/h2*2-5H;. The van der Waals surface area contributed by atoms with Gasteiger partial charge in [-0.2, -0.15) is 0 Å². The molecule has 3 heteroatoms. The molecule has 2 rings (SSSR count). The number of rotatable bonds is 2. The van der Waals surface area contributed by atoms with Crippen LogP contribution in [0.25, 0.3) is 0 Å². The molecule has 0 amide bonds. The molecule has 2 aromatic carbocycles. The van der Waals surface area contributed by atoms with Crippen molar-refractivity contribution in [1.29, 1.82) is 0 Å². The molecular formula is C12H8BiF2. The van der Waals surface area contributed by atoms with Gasteiger partial charge in [0.1, 0.15) is 0 Å². The van der Waals surface area contributed by atoms with E-state index in [-0.39, 0.29) is 11.6 Å². The summed E-state index contributed by atoms with van der Waals surface area (Å²) >= 11 is -0.988. The Balaban J connectivity index is 2.15. The predicted molar refractivity (Wildman–Crippen MR) is 57.8 cm³/mol. The van der Waals surface area contributed by atoms with Crippen molar-refractivity contribution >= 4 is 29.8 Å². The SMILES string of the molecule is Fc1cc[c]([Bi][c]2ccc(F)cc2)cc1. The van der Waals surface area contributed by atoms with Gasteiger partial charge >= 0.3 is 98.7 Å². The third-order valence-electron chi connectivity index (χ3n) is 1.91. The van der Waals surface area contributed by atoms with Crippen molar-refractivity contribution in [2.45, 2.75) is 0 Å². The minimum absolute atomic E-state index is 0.209. The Morgan fingerprint density at radius 1 is 0.600 bits per heavy atom. The molecule has 1 radical (unpaired) electrons. The summed E-state index contributed by atoms with van der Waals surface area (Å²) in [5, 5.41) is 0. The quantitative estimate of drug-likeness (QED) is 0.674. The number of hydrogen-bond acceptors (Lipinski definition) is 0. The number of benzene rings is 2. The summed E-state index contributed by atoms with van der Waals surface area (Å²) in [5.41, 5.74) is 0. The van der Waals surface area contributed by atoms with Gasteiger partial charge in [-0.25, -0.2) is 0 Å². The number of hydrogen-bond donors (Lipinski definition) is 0. The third-order valence-corrected chi connectivity index (χ3v) is 6.24. The van der Waals surface area contributed by atoms with Gasteiger partial charge in [-0.05, 0) is 0 Å². The number of halogens is 2. The third kappa shape index (κ3) is 3.07. The zero-order valence-corrected chi connectivity index (χ0v) is 11.3. The van der Waals surface area contributed by atoms with Crippen LogP contribution in [0.1, 0.15) is 0 Å². The zero-order valence-electron chi connectivity index (χ0n) is 7.82. The second kappa shape index (κ2) is 4.80. The molecule has 0 aromatic heterocycles. The molecule has 0 nitrogen and oxygen atoms in total. The second-order valence-corrected chi connectivity index (χ2v) is 7.95. The van der Waals surface area contributed by atoms with E-state index in [1.165, 1.54) is 30.8 Å². The van der Waals surface area contributed by atoms with E-state index >= 15 is 0 Å². The van der Waals surface area contributed by atoms with E-state index in [0.29, 0.717) is 0 Å². The first-order valence-electron chi connectivity index (χ1n) is 4.47. The average molecular weight is 399 g/mol. The molecule has 2 aromatic rings. The Bertz CT molecular complexity index is 391. The summed E-state index contributed by atoms with van der Waals surface area (Å²) in [6.45, 7) is 0. The van der Waals surface area contributed by atoms with Gasteiger partial charge in [0, 0.05) is 0 Å². The molecule has 0 aliphatic rings. The Kier molecular flexibility index (Phi) is 3.42. The van der Waals surface area contributed by atoms with Crippen molar-refractivity contribution < 1.29 is 8.78 Å². The average Bonchev–Trinajstić information content (AvgIpc) is 2.25. The molecule has 0 fully saturated rings. The molecule has 0 saturated heterocycles.